The number of nitrogens with zero attached hydrogens (tertiary/aromatic N) is 1. The third kappa shape index (κ3) is 6.16. The smallest absolute Gasteiger partial charge is 0.191 e. The van der Waals surface area contributed by atoms with Crippen LogP contribution in [0.2, 0.25) is 0 Å². The van der Waals surface area contributed by atoms with E-state index in [1.54, 1.807) is 18.4 Å². The lowest BCUT2D eigenvalue weighted by Crippen LogP contribution is -2.44. The highest BCUT2D eigenvalue weighted by Crippen LogP contribution is 2.24. The Kier molecular flexibility index (Phi) is 7.43. The van der Waals surface area contributed by atoms with Gasteiger partial charge in [0.05, 0.1) is 19.7 Å². The van der Waals surface area contributed by atoms with Gasteiger partial charge in [0, 0.05) is 18.5 Å². The van der Waals surface area contributed by atoms with E-state index >= 15 is 0 Å². The number of thiophene rings is 1. The summed E-state index contributed by atoms with van der Waals surface area (Å²) < 4.78 is 5.12. The first-order chi connectivity index (χ1) is 12.0. The van der Waals surface area contributed by atoms with Crippen LogP contribution in [0.5, 0.6) is 0 Å². The first-order valence-electron chi connectivity index (χ1n) is 8.40. The van der Waals surface area contributed by atoms with Gasteiger partial charge in [0.1, 0.15) is 5.60 Å². The maximum absolute atomic E-state index is 10.6. The fourth-order valence-corrected chi connectivity index (χ4v) is 3.13. The summed E-state index contributed by atoms with van der Waals surface area (Å²) in [6.07, 6.45) is 0. The van der Waals surface area contributed by atoms with Crippen LogP contribution in [-0.2, 0) is 23.5 Å². The normalized spacial score (nSPS) is 14.2. The van der Waals surface area contributed by atoms with Crippen molar-refractivity contribution in [1.29, 1.82) is 0 Å². The number of nitrogens with one attached hydrogen (secondary N) is 2. The van der Waals surface area contributed by atoms with Crippen LogP contribution in [0.1, 0.15) is 29.9 Å². The standard InChI is InChI=1S/C19H27N3O2S/c1-4-20-18(22-14-19(2,23)17-6-5-11-25-17)21-12-15-7-9-16(10-8-15)13-24-3/h5-11,23H,4,12-14H2,1-3H3,(H2,20,21,22). The number of aliphatic hydroxyl groups is 1. The molecule has 0 aliphatic carbocycles. The SMILES string of the molecule is CCNC(=NCc1ccc(COC)cc1)NCC(C)(O)c1cccs1. The van der Waals surface area contributed by atoms with E-state index < -0.39 is 5.60 Å². The molecule has 5 nitrogen and oxygen atoms in total. The number of methoxy groups -OCH3 is 1. The van der Waals surface area contributed by atoms with Gasteiger partial charge in [-0.1, -0.05) is 30.3 Å². The van der Waals surface area contributed by atoms with E-state index in [1.807, 2.05) is 31.4 Å². The molecule has 0 amide bonds. The molecule has 1 atom stereocenters. The second-order valence-electron chi connectivity index (χ2n) is 6.05. The van der Waals surface area contributed by atoms with Gasteiger partial charge in [-0.2, -0.15) is 0 Å². The van der Waals surface area contributed by atoms with Crippen LogP contribution in [-0.4, -0.2) is 31.3 Å². The molecule has 0 saturated heterocycles. The predicted molar refractivity (Wildman–Crippen MR) is 104 cm³/mol. The zero-order valence-electron chi connectivity index (χ0n) is 15.1. The van der Waals surface area contributed by atoms with Gasteiger partial charge in [0.25, 0.3) is 0 Å². The van der Waals surface area contributed by atoms with Gasteiger partial charge in [0.15, 0.2) is 5.96 Å². The molecule has 6 heteroatoms. The quantitative estimate of drug-likeness (QED) is 0.500. The highest BCUT2D eigenvalue weighted by molar-refractivity contribution is 7.10. The molecule has 136 valence electrons. The molecule has 2 aromatic rings. The van der Waals surface area contributed by atoms with Gasteiger partial charge < -0.3 is 20.5 Å². The van der Waals surface area contributed by atoms with Gasteiger partial charge in [-0.05, 0) is 36.4 Å². The lowest BCUT2D eigenvalue weighted by molar-refractivity contribution is 0.0655. The van der Waals surface area contributed by atoms with Crippen molar-refractivity contribution in [3.8, 4) is 0 Å². The van der Waals surface area contributed by atoms with E-state index in [1.165, 1.54) is 0 Å². The van der Waals surface area contributed by atoms with Crippen molar-refractivity contribution in [2.75, 3.05) is 20.2 Å². The molecule has 0 radical (unpaired) electrons. The van der Waals surface area contributed by atoms with Crippen LogP contribution < -0.4 is 10.6 Å². The van der Waals surface area contributed by atoms with Crippen LogP contribution in [0.15, 0.2) is 46.8 Å². The molecule has 0 fully saturated rings. The van der Waals surface area contributed by atoms with Gasteiger partial charge in [-0.25, -0.2) is 4.99 Å². The molecule has 0 spiro atoms. The molecule has 1 aromatic heterocycles. The van der Waals surface area contributed by atoms with Crippen LogP contribution in [0, 0.1) is 0 Å². The van der Waals surface area contributed by atoms with E-state index in [0.717, 1.165) is 22.5 Å². The number of ether oxygens (including phenoxy) is 1. The van der Waals surface area contributed by atoms with Gasteiger partial charge in [-0.15, -0.1) is 11.3 Å². The van der Waals surface area contributed by atoms with Crippen molar-refractivity contribution in [2.45, 2.75) is 32.6 Å². The zero-order valence-corrected chi connectivity index (χ0v) is 15.9. The van der Waals surface area contributed by atoms with Crippen molar-refractivity contribution in [2.24, 2.45) is 4.99 Å². The van der Waals surface area contributed by atoms with Gasteiger partial charge in [-0.3, -0.25) is 0 Å². The van der Waals surface area contributed by atoms with Crippen LogP contribution >= 0.6 is 11.3 Å². The zero-order chi connectivity index (χ0) is 18.1. The Morgan fingerprint density at radius 2 is 1.92 bits per heavy atom. The van der Waals surface area contributed by atoms with E-state index in [4.69, 9.17) is 4.74 Å². The maximum atomic E-state index is 10.6. The third-order valence-electron chi connectivity index (χ3n) is 3.75. The second-order valence-corrected chi connectivity index (χ2v) is 7.00. The van der Waals surface area contributed by atoms with Crippen LogP contribution in [0.4, 0.5) is 0 Å². The minimum atomic E-state index is -0.924. The maximum Gasteiger partial charge on any atom is 0.191 e. The molecule has 3 N–H and O–H groups in total. The van der Waals surface area contributed by atoms with Crippen LogP contribution in [0.3, 0.4) is 0 Å². The molecular weight excluding hydrogens is 334 g/mol. The van der Waals surface area contributed by atoms with Gasteiger partial charge >= 0.3 is 0 Å². The van der Waals surface area contributed by atoms with E-state index in [0.29, 0.717) is 25.7 Å². The van der Waals surface area contributed by atoms with E-state index in [2.05, 4.69) is 39.9 Å². The van der Waals surface area contributed by atoms with E-state index in [-0.39, 0.29) is 0 Å². The molecular formula is C19H27N3O2S. The first-order valence-corrected chi connectivity index (χ1v) is 9.28. The molecule has 25 heavy (non-hydrogen) atoms. The molecule has 0 saturated carbocycles. The highest BCUT2D eigenvalue weighted by Gasteiger charge is 2.24. The Balaban J connectivity index is 1.95. The Labute approximate surface area is 153 Å². The van der Waals surface area contributed by atoms with Crippen molar-refractivity contribution in [3.63, 3.8) is 0 Å². The summed E-state index contributed by atoms with van der Waals surface area (Å²) in [5.41, 5.74) is 1.35. The predicted octanol–water partition coefficient (Wildman–Crippen LogP) is 2.86. The number of guanidine groups is 1. The average molecular weight is 362 g/mol. The van der Waals surface area contributed by atoms with Crippen molar-refractivity contribution >= 4 is 17.3 Å². The fraction of sp³-hybridized carbons (Fsp3) is 0.421. The summed E-state index contributed by atoms with van der Waals surface area (Å²) in [6, 6.07) is 12.1. The lowest BCUT2D eigenvalue weighted by Gasteiger charge is -2.23. The molecule has 0 bridgehead atoms. The second kappa shape index (κ2) is 9.56. The number of benzene rings is 1. The number of hydrogen-bond donors (Lipinski definition) is 3. The monoisotopic (exact) mass is 361 g/mol. The Hall–Kier alpha value is -1.89. The van der Waals surface area contributed by atoms with Crippen molar-refractivity contribution < 1.29 is 9.84 Å². The minimum Gasteiger partial charge on any atom is -0.383 e. The Morgan fingerprint density at radius 1 is 1.20 bits per heavy atom. The minimum absolute atomic E-state index is 0.395. The Bertz CT molecular complexity index is 652. The number of aliphatic imine (C=N–C) groups is 1. The van der Waals surface area contributed by atoms with Crippen molar-refractivity contribution in [3.05, 3.63) is 57.8 Å². The first kappa shape index (κ1) is 19.4. The summed E-state index contributed by atoms with van der Waals surface area (Å²) in [4.78, 5) is 5.53. The summed E-state index contributed by atoms with van der Waals surface area (Å²) in [7, 11) is 1.69. The molecule has 2 rings (SSSR count). The Morgan fingerprint density at radius 3 is 2.52 bits per heavy atom. The summed E-state index contributed by atoms with van der Waals surface area (Å²) in [5, 5.41) is 19.0. The van der Waals surface area contributed by atoms with Gasteiger partial charge in [0.2, 0.25) is 0 Å². The summed E-state index contributed by atoms with van der Waals surface area (Å²) in [5.74, 6) is 0.695. The van der Waals surface area contributed by atoms with E-state index in [9.17, 15) is 5.11 Å². The lowest BCUT2D eigenvalue weighted by atomic mass is 10.1. The molecule has 0 aliphatic rings. The molecule has 1 heterocycles. The fourth-order valence-electron chi connectivity index (χ4n) is 2.35. The topological polar surface area (TPSA) is 65.9 Å². The number of hydrogen-bond acceptors (Lipinski definition) is 4. The van der Waals surface area contributed by atoms with Crippen LogP contribution in [0.25, 0.3) is 0 Å². The third-order valence-corrected chi connectivity index (χ3v) is 4.87. The average Bonchev–Trinajstić information content (AvgIpc) is 3.14. The molecule has 0 aliphatic heterocycles. The molecule has 1 unspecified atom stereocenters. The summed E-state index contributed by atoms with van der Waals surface area (Å²) >= 11 is 1.55. The summed E-state index contributed by atoms with van der Waals surface area (Å²) in [6.45, 7) is 6.18. The van der Waals surface area contributed by atoms with Crippen molar-refractivity contribution in [1.82, 2.24) is 10.6 Å². The number of rotatable bonds is 8. The molecule has 1 aromatic carbocycles. The highest BCUT2D eigenvalue weighted by atomic mass is 32.1. The largest absolute Gasteiger partial charge is 0.383 e.